The molecule has 1 atom stereocenters. The largest absolute Gasteiger partial charge is 0.398 e. The Morgan fingerprint density at radius 1 is 1.16 bits per heavy atom. The quantitative estimate of drug-likeness (QED) is 0.732. The van der Waals surface area contributed by atoms with E-state index in [1.54, 1.807) is 0 Å². The third kappa shape index (κ3) is 2.91. The molecule has 102 valence electrons. The van der Waals surface area contributed by atoms with Crippen molar-refractivity contribution >= 4 is 40.0 Å². The summed E-state index contributed by atoms with van der Waals surface area (Å²) in [5.74, 6) is 0. The highest BCUT2D eigenvalue weighted by Gasteiger charge is 2.53. The molecular weight excluding hydrogens is 331 g/mol. The lowest BCUT2D eigenvalue weighted by atomic mass is 9.97. The Hall–Kier alpha value is 0.0800. The predicted octanol–water partition coefficient (Wildman–Crippen LogP) is 0.545. The number of fused-ring (bicyclic) bond motifs is 2. The van der Waals surface area contributed by atoms with Gasteiger partial charge in [0.1, 0.15) is 4.29 Å². The summed E-state index contributed by atoms with van der Waals surface area (Å²) in [7, 11) is -4.55. The average Bonchev–Trinajstić information content (AvgIpc) is 2.62. The van der Waals surface area contributed by atoms with Crippen LogP contribution in [-0.4, -0.2) is 3.72 Å². The summed E-state index contributed by atoms with van der Waals surface area (Å²) in [6.45, 7) is 0. The van der Waals surface area contributed by atoms with Crippen molar-refractivity contribution in [3.8, 4) is 0 Å². The van der Waals surface area contributed by atoms with E-state index in [4.69, 9.17) is 11.6 Å². The monoisotopic (exact) mass is 338 g/mol. The number of hydrogen-bond donors (Lipinski definition) is 0. The maximum absolute atomic E-state index is 10.7. The van der Waals surface area contributed by atoms with Crippen LogP contribution in [0.15, 0.2) is 29.2 Å². The van der Waals surface area contributed by atoms with Gasteiger partial charge in [-0.25, -0.2) is 0 Å². The van der Waals surface area contributed by atoms with E-state index in [9.17, 15) is 14.0 Å². The third-order valence-corrected chi connectivity index (χ3v) is 6.62. The first kappa shape index (κ1) is 14.0. The van der Waals surface area contributed by atoms with E-state index in [2.05, 4.69) is 4.29 Å². The molecule has 1 aromatic carbocycles. The van der Waals surface area contributed by atoms with Gasteiger partial charge in [-0.3, -0.25) is 0 Å². The Kier molecular flexibility index (Phi) is 3.56. The smallest absolute Gasteiger partial charge is 0.183 e. The lowest BCUT2D eigenvalue weighted by molar-refractivity contribution is -1.92. The maximum atomic E-state index is 10.7. The fourth-order valence-electron chi connectivity index (χ4n) is 2.12. The Bertz CT molecular complexity index is 558. The van der Waals surface area contributed by atoms with Gasteiger partial charge in [0.15, 0.2) is 0 Å². The summed E-state index contributed by atoms with van der Waals surface area (Å²) < 4.78 is 34.9. The summed E-state index contributed by atoms with van der Waals surface area (Å²) in [6, 6.07) is 7.87. The summed E-state index contributed by atoms with van der Waals surface area (Å²) in [4.78, 5) is 1.87. The van der Waals surface area contributed by atoms with Crippen LogP contribution >= 0.6 is 35.1 Å². The second kappa shape index (κ2) is 4.82. The maximum Gasteiger partial charge on any atom is 0.398 e. The van der Waals surface area contributed by atoms with Crippen molar-refractivity contribution in [1.29, 1.82) is 0 Å². The molecule has 0 saturated heterocycles. The Balaban J connectivity index is 1.90. The molecular formula is C11H8Cl2O4S2. The molecule has 0 aromatic heterocycles. The molecule has 19 heavy (non-hydrogen) atoms. The highest BCUT2D eigenvalue weighted by molar-refractivity contribution is 8.29. The molecule has 1 aromatic rings. The molecule has 0 fully saturated rings. The van der Waals surface area contributed by atoms with Crippen molar-refractivity contribution in [3.63, 3.8) is 0 Å². The fraction of sp³-hybridized carbons (Fsp3) is 0.273. The molecule has 1 aliphatic carbocycles. The van der Waals surface area contributed by atoms with Crippen LogP contribution in [0.25, 0.3) is 4.91 Å². The SMILES string of the molecule is [O-][Cl+3]([O-])([O-])OC1(Cl)SC2=C(S1)c1ccccc1CC2. The molecule has 1 heterocycles. The summed E-state index contributed by atoms with van der Waals surface area (Å²) in [6.07, 6.45) is 1.65. The molecule has 0 radical (unpaired) electrons. The third-order valence-electron chi connectivity index (χ3n) is 2.79. The van der Waals surface area contributed by atoms with Gasteiger partial charge in [0.25, 0.3) is 0 Å². The molecule has 0 spiro atoms. The molecule has 0 bridgehead atoms. The zero-order chi connectivity index (χ0) is 13.7. The Morgan fingerprint density at radius 3 is 2.63 bits per heavy atom. The van der Waals surface area contributed by atoms with Gasteiger partial charge < -0.3 is 0 Å². The van der Waals surface area contributed by atoms with Crippen LogP contribution in [0.1, 0.15) is 17.5 Å². The molecule has 2 aliphatic rings. The van der Waals surface area contributed by atoms with Crippen molar-refractivity contribution in [1.82, 2.24) is 0 Å². The number of hydrogen-bond acceptors (Lipinski definition) is 6. The number of rotatable bonds is 2. The normalized spacial score (nSPS) is 26.3. The Morgan fingerprint density at radius 2 is 1.89 bits per heavy atom. The van der Waals surface area contributed by atoms with Gasteiger partial charge in [-0.15, -0.1) is 0 Å². The van der Waals surface area contributed by atoms with Crippen LogP contribution in [0.2, 0.25) is 0 Å². The zero-order valence-corrected chi connectivity index (χ0v) is 12.6. The van der Waals surface area contributed by atoms with Gasteiger partial charge in [0, 0.05) is 9.81 Å². The van der Waals surface area contributed by atoms with Crippen LogP contribution in [-0.2, 0) is 10.7 Å². The number of alkyl halides is 1. The van der Waals surface area contributed by atoms with E-state index in [0.29, 0.717) is 0 Å². The van der Waals surface area contributed by atoms with E-state index in [0.717, 1.165) is 51.7 Å². The first-order valence-electron chi connectivity index (χ1n) is 5.36. The van der Waals surface area contributed by atoms with Crippen LogP contribution in [0.4, 0.5) is 0 Å². The summed E-state index contributed by atoms with van der Waals surface area (Å²) in [5, 5.41) is 0. The van der Waals surface area contributed by atoms with E-state index in [1.807, 2.05) is 24.3 Å². The minimum absolute atomic E-state index is 0.775. The molecule has 8 heteroatoms. The van der Waals surface area contributed by atoms with E-state index in [-0.39, 0.29) is 0 Å². The molecule has 0 amide bonds. The van der Waals surface area contributed by atoms with E-state index >= 15 is 0 Å². The van der Waals surface area contributed by atoms with E-state index < -0.39 is 14.0 Å². The zero-order valence-electron chi connectivity index (χ0n) is 9.43. The number of thioether (sulfide) groups is 2. The van der Waals surface area contributed by atoms with E-state index in [1.165, 1.54) is 5.56 Å². The Labute approximate surface area is 125 Å². The van der Waals surface area contributed by atoms with Gasteiger partial charge in [-0.05, 0) is 59.1 Å². The highest BCUT2D eigenvalue weighted by Crippen LogP contribution is 2.63. The molecule has 0 N–H and O–H groups in total. The van der Waals surface area contributed by atoms with Crippen molar-refractivity contribution in [2.75, 3.05) is 0 Å². The number of halogens is 2. The van der Waals surface area contributed by atoms with Gasteiger partial charge in [-0.1, -0.05) is 24.3 Å². The summed E-state index contributed by atoms with van der Waals surface area (Å²) in [5.41, 5.74) is 2.23. The number of aryl methyl sites for hydroxylation is 1. The lowest BCUT2D eigenvalue weighted by Gasteiger charge is -2.19. The molecule has 1 unspecified atom stereocenters. The second-order valence-corrected chi connectivity index (χ2v) is 8.66. The van der Waals surface area contributed by atoms with Crippen LogP contribution in [0, 0.1) is 10.2 Å². The average molecular weight is 339 g/mol. The number of allylic oxidation sites excluding steroid dienone is 1. The van der Waals surface area contributed by atoms with Crippen molar-refractivity contribution in [3.05, 3.63) is 40.3 Å². The van der Waals surface area contributed by atoms with Crippen molar-refractivity contribution < 1.29 is 28.5 Å². The first-order chi connectivity index (χ1) is 8.86. The summed E-state index contributed by atoms with van der Waals surface area (Å²) >= 11 is 8.23. The second-order valence-electron chi connectivity index (χ2n) is 4.05. The predicted molar refractivity (Wildman–Crippen MR) is 66.5 cm³/mol. The van der Waals surface area contributed by atoms with Crippen molar-refractivity contribution in [2.45, 2.75) is 16.6 Å². The van der Waals surface area contributed by atoms with Gasteiger partial charge in [-0.2, -0.15) is 14.0 Å². The van der Waals surface area contributed by atoms with Crippen LogP contribution in [0.5, 0.6) is 0 Å². The fourth-order valence-corrected chi connectivity index (χ4v) is 6.22. The van der Waals surface area contributed by atoms with Crippen LogP contribution < -0.4 is 14.0 Å². The van der Waals surface area contributed by atoms with Gasteiger partial charge in [0.2, 0.25) is 0 Å². The molecule has 3 rings (SSSR count). The number of benzene rings is 1. The highest BCUT2D eigenvalue weighted by atomic mass is 35.7. The molecule has 0 saturated carbocycles. The minimum Gasteiger partial charge on any atom is -0.183 e. The van der Waals surface area contributed by atoms with Crippen LogP contribution in [0.3, 0.4) is 0 Å². The minimum atomic E-state index is -4.55. The topological polar surface area (TPSA) is 78.4 Å². The lowest BCUT2D eigenvalue weighted by Crippen LogP contribution is -2.62. The van der Waals surface area contributed by atoms with Gasteiger partial charge in [0.05, 0.1) is 10.2 Å². The molecule has 4 nitrogen and oxygen atoms in total. The molecule has 1 aliphatic heterocycles. The first-order valence-corrected chi connectivity index (χ1v) is 8.61. The van der Waals surface area contributed by atoms with Crippen molar-refractivity contribution in [2.24, 2.45) is 0 Å². The standard InChI is InChI=1S/C11H8Cl2O4S2/c12-11(17-13(14,15)16)18-9-6-5-7-3-1-2-4-8(7)10(9)19-11/h1-4H,5-6H2. The van der Waals surface area contributed by atoms with Gasteiger partial charge >= 0.3 is 3.72 Å².